The van der Waals surface area contributed by atoms with Crippen molar-refractivity contribution in [2.75, 3.05) is 6.61 Å². The number of ether oxygens (including phenoxy) is 3. The van der Waals surface area contributed by atoms with E-state index < -0.39 is 5.79 Å². The molecule has 0 aromatic heterocycles. The number of cyclic esters (lactones) is 1. The minimum Gasteiger partial charge on any atom is -0.462 e. The van der Waals surface area contributed by atoms with Crippen molar-refractivity contribution < 1.29 is 19.0 Å². The molecule has 0 radical (unpaired) electrons. The molecule has 24 heavy (non-hydrogen) atoms. The Morgan fingerprint density at radius 3 is 2.50 bits per heavy atom. The van der Waals surface area contributed by atoms with Crippen LogP contribution >= 0.6 is 0 Å². The second-order valence-corrected chi connectivity index (χ2v) is 7.67. The highest BCUT2D eigenvalue weighted by Crippen LogP contribution is 2.32. The Labute approximate surface area is 146 Å². The summed E-state index contributed by atoms with van der Waals surface area (Å²) in [5, 5.41) is 0. The standard InChI is InChI=1S/C20H34O4/c1-4-5-6-7-8-9-10-11-12-17-13-16(19(21)23-17)14-18-15-22-20(2,3)24-18/h4,16-18H,1,5-15H2,2-3H3/t16-,17-,18-/m1/s1. The molecule has 0 aromatic carbocycles. The fraction of sp³-hybridized carbons (Fsp3) is 0.850. The summed E-state index contributed by atoms with van der Waals surface area (Å²) in [6.45, 7) is 8.16. The molecule has 2 rings (SSSR count). The van der Waals surface area contributed by atoms with Gasteiger partial charge in [-0.25, -0.2) is 0 Å². The zero-order valence-electron chi connectivity index (χ0n) is 15.4. The lowest BCUT2D eigenvalue weighted by molar-refractivity contribution is -0.149. The topological polar surface area (TPSA) is 44.8 Å². The Kier molecular flexibility index (Phi) is 7.76. The van der Waals surface area contributed by atoms with Gasteiger partial charge in [-0.2, -0.15) is 0 Å². The quantitative estimate of drug-likeness (QED) is 0.309. The first-order valence-corrected chi connectivity index (χ1v) is 9.63. The van der Waals surface area contributed by atoms with Crippen LogP contribution in [0.5, 0.6) is 0 Å². The summed E-state index contributed by atoms with van der Waals surface area (Å²) in [5.74, 6) is -0.577. The largest absolute Gasteiger partial charge is 0.462 e. The van der Waals surface area contributed by atoms with Crippen molar-refractivity contribution in [3.63, 3.8) is 0 Å². The molecule has 0 N–H and O–H groups in total. The van der Waals surface area contributed by atoms with Crippen LogP contribution in [0.3, 0.4) is 0 Å². The fourth-order valence-electron chi connectivity index (χ4n) is 3.66. The van der Waals surface area contributed by atoms with Crippen LogP contribution in [0.15, 0.2) is 12.7 Å². The van der Waals surface area contributed by atoms with Crippen LogP contribution in [0.1, 0.15) is 78.1 Å². The third-order valence-corrected chi connectivity index (χ3v) is 4.96. The predicted octanol–water partition coefficient (Wildman–Crippen LogP) is 4.77. The average molecular weight is 338 g/mol. The summed E-state index contributed by atoms with van der Waals surface area (Å²) >= 11 is 0. The van der Waals surface area contributed by atoms with Crippen LogP contribution in [-0.4, -0.2) is 30.6 Å². The Morgan fingerprint density at radius 2 is 1.83 bits per heavy atom. The van der Waals surface area contributed by atoms with E-state index >= 15 is 0 Å². The molecule has 0 bridgehead atoms. The smallest absolute Gasteiger partial charge is 0.309 e. The summed E-state index contributed by atoms with van der Waals surface area (Å²) in [6, 6.07) is 0. The lowest BCUT2D eigenvalue weighted by atomic mass is 9.96. The molecule has 2 aliphatic heterocycles. The average Bonchev–Trinajstić information content (AvgIpc) is 3.04. The first kappa shape index (κ1) is 19.5. The number of unbranched alkanes of at least 4 members (excludes halogenated alkanes) is 6. The zero-order valence-corrected chi connectivity index (χ0v) is 15.4. The third kappa shape index (κ3) is 6.56. The molecule has 0 spiro atoms. The molecule has 3 atom stereocenters. The van der Waals surface area contributed by atoms with Gasteiger partial charge in [0, 0.05) is 0 Å². The summed E-state index contributed by atoms with van der Waals surface area (Å²) < 4.78 is 16.9. The number of allylic oxidation sites excluding steroid dienone is 1. The Balaban J connectivity index is 1.55. The van der Waals surface area contributed by atoms with Gasteiger partial charge in [0.1, 0.15) is 6.10 Å². The molecule has 0 aliphatic carbocycles. The maximum absolute atomic E-state index is 12.0. The van der Waals surface area contributed by atoms with E-state index in [1.807, 2.05) is 19.9 Å². The van der Waals surface area contributed by atoms with E-state index in [9.17, 15) is 4.79 Å². The molecular formula is C20H34O4. The molecule has 138 valence electrons. The molecular weight excluding hydrogens is 304 g/mol. The van der Waals surface area contributed by atoms with E-state index in [1.165, 1.54) is 32.1 Å². The van der Waals surface area contributed by atoms with Gasteiger partial charge in [0.15, 0.2) is 5.79 Å². The van der Waals surface area contributed by atoms with Gasteiger partial charge < -0.3 is 14.2 Å². The molecule has 0 amide bonds. The van der Waals surface area contributed by atoms with Gasteiger partial charge in [0.05, 0.1) is 18.6 Å². The van der Waals surface area contributed by atoms with E-state index in [-0.39, 0.29) is 24.1 Å². The van der Waals surface area contributed by atoms with Crippen molar-refractivity contribution in [3.8, 4) is 0 Å². The highest BCUT2D eigenvalue weighted by Gasteiger charge is 2.40. The Hall–Kier alpha value is -0.870. The molecule has 4 heteroatoms. The highest BCUT2D eigenvalue weighted by molar-refractivity contribution is 5.74. The second kappa shape index (κ2) is 9.57. The summed E-state index contributed by atoms with van der Waals surface area (Å²) in [6.07, 6.45) is 13.4. The lowest BCUT2D eigenvalue weighted by Crippen LogP contribution is -2.23. The molecule has 2 fully saturated rings. The first-order chi connectivity index (χ1) is 11.5. The highest BCUT2D eigenvalue weighted by atomic mass is 16.7. The number of esters is 1. The van der Waals surface area contributed by atoms with Gasteiger partial charge in [-0.1, -0.05) is 31.8 Å². The molecule has 0 aromatic rings. The molecule has 0 unspecified atom stereocenters. The van der Waals surface area contributed by atoms with E-state index in [0.29, 0.717) is 6.61 Å². The number of hydrogen-bond donors (Lipinski definition) is 0. The van der Waals surface area contributed by atoms with E-state index in [4.69, 9.17) is 14.2 Å². The van der Waals surface area contributed by atoms with Gasteiger partial charge in [0.25, 0.3) is 0 Å². The second-order valence-electron chi connectivity index (χ2n) is 7.67. The minimum atomic E-state index is -0.516. The van der Waals surface area contributed by atoms with Crippen LogP contribution in [0.25, 0.3) is 0 Å². The van der Waals surface area contributed by atoms with Crippen molar-refractivity contribution in [1.29, 1.82) is 0 Å². The van der Waals surface area contributed by atoms with Gasteiger partial charge in [-0.05, 0) is 52.4 Å². The van der Waals surface area contributed by atoms with Crippen LogP contribution < -0.4 is 0 Å². The SMILES string of the molecule is C=CCCCCCCCC[C@@H]1C[C@H](C[C@@H]2COC(C)(C)O2)C(=O)O1. The van der Waals surface area contributed by atoms with E-state index in [2.05, 4.69) is 6.58 Å². The molecule has 4 nitrogen and oxygen atoms in total. The normalized spacial score (nSPS) is 28.9. The predicted molar refractivity (Wildman–Crippen MR) is 94.6 cm³/mol. The van der Waals surface area contributed by atoms with Crippen molar-refractivity contribution in [2.45, 2.75) is 96.1 Å². The number of rotatable bonds is 11. The van der Waals surface area contributed by atoms with Gasteiger partial charge in [-0.3, -0.25) is 4.79 Å². The van der Waals surface area contributed by atoms with Crippen LogP contribution in [0.4, 0.5) is 0 Å². The molecule has 2 saturated heterocycles. The molecule has 2 heterocycles. The Bertz CT molecular complexity index is 404. The monoisotopic (exact) mass is 338 g/mol. The van der Waals surface area contributed by atoms with Gasteiger partial charge in [0.2, 0.25) is 0 Å². The van der Waals surface area contributed by atoms with Crippen molar-refractivity contribution >= 4 is 5.97 Å². The maximum atomic E-state index is 12.0. The van der Waals surface area contributed by atoms with Crippen molar-refractivity contribution in [1.82, 2.24) is 0 Å². The van der Waals surface area contributed by atoms with Gasteiger partial charge >= 0.3 is 5.97 Å². The maximum Gasteiger partial charge on any atom is 0.309 e. The van der Waals surface area contributed by atoms with Crippen molar-refractivity contribution in [2.24, 2.45) is 5.92 Å². The van der Waals surface area contributed by atoms with Crippen LogP contribution in [0, 0.1) is 5.92 Å². The van der Waals surface area contributed by atoms with E-state index in [0.717, 1.165) is 32.1 Å². The first-order valence-electron chi connectivity index (χ1n) is 9.63. The lowest BCUT2D eigenvalue weighted by Gasteiger charge is -2.17. The summed E-state index contributed by atoms with van der Waals surface area (Å²) in [5.41, 5.74) is 0. The summed E-state index contributed by atoms with van der Waals surface area (Å²) in [4.78, 5) is 12.0. The molecule has 2 aliphatic rings. The third-order valence-electron chi connectivity index (χ3n) is 4.96. The van der Waals surface area contributed by atoms with Gasteiger partial charge in [-0.15, -0.1) is 6.58 Å². The Morgan fingerprint density at radius 1 is 1.12 bits per heavy atom. The molecule has 0 saturated carbocycles. The van der Waals surface area contributed by atoms with Crippen molar-refractivity contribution in [3.05, 3.63) is 12.7 Å². The van der Waals surface area contributed by atoms with E-state index in [1.54, 1.807) is 0 Å². The summed E-state index contributed by atoms with van der Waals surface area (Å²) in [7, 11) is 0. The number of carbonyl (C=O) groups is 1. The minimum absolute atomic E-state index is 0.0172. The van der Waals surface area contributed by atoms with Crippen LogP contribution in [0.2, 0.25) is 0 Å². The number of carbonyl (C=O) groups excluding carboxylic acids is 1. The van der Waals surface area contributed by atoms with Crippen LogP contribution in [-0.2, 0) is 19.0 Å². The number of hydrogen-bond acceptors (Lipinski definition) is 4. The fourth-order valence-corrected chi connectivity index (χ4v) is 3.66. The zero-order chi connectivity index (χ0) is 17.4.